The van der Waals surface area contributed by atoms with Gasteiger partial charge in [-0.2, -0.15) is 0 Å². The summed E-state index contributed by atoms with van der Waals surface area (Å²) >= 11 is 0. The van der Waals surface area contributed by atoms with Gasteiger partial charge in [-0.25, -0.2) is 0 Å². The van der Waals surface area contributed by atoms with E-state index in [0.717, 1.165) is 4.90 Å². The normalized spacial score (nSPS) is 42.2. The van der Waals surface area contributed by atoms with Crippen LogP contribution in [-0.4, -0.2) is 35.8 Å². The highest BCUT2D eigenvalue weighted by atomic mass is 16.5. The standard InChI is InChI=1S/C10H9NO4/c1-11-8(12)6-4-2-3-5(15-10(4)14)7(6)9(11)13/h2-7H,1H3/t4-,5+,6+,7-/m1/s1. The number of fused-ring (bicyclic) bond motifs is 1. The van der Waals surface area contributed by atoms with E-state index in [4.69, 9.17) is 4.74 Å². The van der Waals surface area contributed by atoms with Gasteiger partial charge in [0.1, 0.15) is 6.10 Å². The molecule has 4 rings (SSSR count). The number of rotatable bonds is 0. The van der Waals surface area contributed by atoms with Crippen LogP contribution < -0.4 is 0 Å². The van der Waals surface area contributed by atoms with Gasteiger partial charge in [0.2, 0.25) is 11.8 Å². The number of esters is 1. The minimum Gasteiger partial charge on any atom is -0.457 e. The molecule has 5 heteroatoms. The molecule has 1 aliphatic carbocycles. The minimum absolute atomic E-state index is 0.239. The van der Waals surface area contributed by atoms with Gasteiger partial charge >= 0.3 is 5.97 Å². The van der Waals surface area contributed by atoms with Crippen LogP contribution in [0.15, 0.2) is 12.2 Å². The van der Waals surface area contributed by atoms with E-state index in [9.17, 15) is 14.4 Å². The number of hydrogen-bond acceptors (Lipinski definition) is 4. The Morgan fingerprint density at radius 1 is 1.13 bits per heavy atom. The van der Waals surface area contributed by atoms with E-state index < -0.39 is 23.9 Å². The summed E-state index contributed by atoms with van der Waals surface area (Å²) in [6, 6.07) is 0. The fourth-order valence-corrected chi connectivity index (χ4v) is 2.60. The molecule has 78 valence electrons. The number of amides is 2. The zero-order valence-electron chi connectivity index (χ0n) is 8.04. The molecule has 0 aromatic heterocycles. The molecule has 0 aromatic rings. The lowest BCUT2D eigenvalue weighted by Gasteiger charge is -2.36. The summed E-state index contributed by atoms with van der Waals surface area (Å²) in [6.07, 6.45) is 2.84. The van der Waals surface area contributed by atoms with Gasteiger partial charge in [-0.3, -0.25) is 19.3 Å². The quantitative estimate of drug-likeness (QED) is 0.300. The summed E-state index contributed by atoms with van der Waals surface area (Å²) in [4.78, 5) is 36.0. The monoisotopic (exact) mass is 207 g/mol. The highest BCUT2D eigenvalue weighted by Gasteiger charge is 2.59. The van der Waals surface area contributed by atoms with Gasteiger partial charge in [-0.05, 0) is 6.08 Å². The Morgan fingerprint density at radius 2 is 1.80 bits per heavy atom. The molecule has 2 fully saturated rings. The van der Waals surface area contributed by atoms with Crippen LogP contribution >= 0.6 is 0 Å². The van der Waals surface area contributed by atoms with Crippen LogP contribution in [0.5, 0.6) is 0 Å². The Labute approximate surface area is 85.7 Å². The number of carbonyl (C=O) groups is 3. The lowest BCUT2D eigenvalue weighted by atomic mass is 9.73. The summed E-state index contributed by atoms with van der Waals surface area (Å²) in [5.74, 6) is -2.48. The topological polar surface area (TPSA) is 63.7 Å². The average Bonchev–Trinajstić information content (AvgIpc) is 2.46. The highest BCUT2D eigenvalue weighted by molar-refractivity contribution is 6.08. The Balaban J connectivity index is 2.11. The van der Waals surface area contributed by atoms with Crippen molar-refractivity contribution < 1.29 is 19.1 Å². The van der Waals surface area contributed by atoms with Crippen LogP contribution in [-0.2, 0) is 19.1 Å². The Hall–Kier alpha value is -1.65. The Morgan fingerprint density at radius 3 is 2.47 bits per heavy atom. The van der Waals surface area contributed by atoms with Gasteiger partial charge in [0.15, 0.2) is 0 Å². The first-order valence-electron chi connectivity index (χ1n) is 4.81. The number of hydrogen-bond donors (Lipinski definition) is 0. The third-order valence-electron chi connectivity index (χ3n) is 3.39. The molecule has 0 spiro atoms. The first-order chi connectivity index (χ1) is 7.11. The first-order valence-corrected chi connectivity index (χ1v) is 4.81. The van der Waals surface area contributed by atoms with E-state index in [-0.39, 0.29) is 17.8 Å². The molecule has 3 aliphatic heterocycles. The largest absolute Gasteiger partial charge is 0.457 e. The number of carbonyl (C=O) groups excluding carboxylic acids is 3. The van der Waals surface area contributed by atoms with Gasteiger partial charge in [0.25, 0.3) is 0 Å². The molecular formula is C10H9NO4. The maximum absolute atomic E-state index is 11.7. The molecule has 0 radical (unpaired) electrons. The lowest BCUT2D eigenvalue weighted by molar-refractivity contribution is -0.168. The van der Waals surface area contributed by atoms with Gasteiger partial charge in [0, 0.05) is 7.05 Å². The molecule has 3 heterocycles. The molecule has 4 atom stereocenters. The molecular weight excluding hydrogens is 198 g/mol. The lowest BCUT2D eigenvalue weighted by Crippen LogP contribution is -2.48. The number of ether oxygens (including phenoxy) is 1. The zero-order valence-corrected chi connectivity index (χ0v) is 8.04. The van der Waals surface area contributed by atoms with Crippen LogP contribution in [0, 0.1) is 17.8 Å². The van der Waals surface area contributed by atoms with E-state index in [2.05, 4.69) is 0 Å². The van der Waals surface area contributed by atoms with Gasteiger partial charge < -0.3 is 4.74 Å². The van der Waals surface area contributed by atoms with Crippen molar-refractivity contribution in [3.05, 3.63) is 12.2 Å². The Kier molecular flexibility index (Phi) is 1.43. The van der Waals surface area contributed by atoms with E-state index in [0.29, 0.717) is 0 Å². The van der Waals surface area contributed by atoms with Crippen LogP contribution in [0.1, 0.15) is 0 Å². The smallest absolute Gasteiger partial charge is 0.314 e. The summed E-state index contributed by atoms with van der Waals surface area (Å²) in [5.41, 5.74) is 0. The van der Waals surface area contributed by atoms with Gasteiger partial charge in [-0.1, -0.05) is 6.08 Å². The molecule has 0 N–H and O–H groups in total. The van der Waals surface area contributed by atoms with Crippen molar-refractivity contribution in [1.82, 2.24) is 4.90 Å². The van der Waals surface area contributed by atoms with Crippen molar-refractivity contribution in [2.45, 2.75) is 6.10 Å². The van der Waals surface area contributed by atoms with Crippen molar-refractivity contribution >= 4 is 17.8 Å². The van der Waals surface area contributed by atoms with Crippen molar-refractivity contribution in [2.75, 3.05) is 7.05 Å². The molecule has 15 heavy (non-hydrogen) atoms. The fraction of sp³-hybridized carbons (Fsp3) is 0.500. The SMILES string of the molecule is CN1C(=O)[C@@H]2[C@H](C1=O)[C@@H]1C=C[C@H]2C(=O)O1. The van der Waals surface area contributed by atoms with E-state index in [1.165, 1.54) is 7.05 Å². The van der Waals surface area contributed by atoms with Crippen LogP contribution in [0.25, 0.3) is 0 Å². The van der Waals surface area contributed by atoms with Gasteiger partial charge in [-0.15, -0.1) is 0 Å². The third kappa shape index (κ3) is 0.854. The maximum atomic E-state index is 11.7. The molecule has 0 saturated carbocycles. The molecule has 0 unspecified atom stereocenters. The van der Waals surface area contributed by atoms with E-state index in [1.54, 1.807) is 12.2 Å². The molecule has 2 bridgehead atoms. The number of imide groups is 1. The first kappa shape index (κ1) is 8.64. The zero-order chi connectivity index (χ0) is 10.7. The predicted molar refractivity (Wildman–Crippen MR) is 47.3 cm³/mol. The third-order valence-corrected chi connectivity index (χ3v) is 3.39. The second kappa shape index (κ2) is 2.48. The summed E-state index contributed by atoms with van der Waals surface area (Å²) in [5, 5.41) is 0. The molecule has 2 saturated heterocycles. The van der Waals surface area contributed by atoms with E-state index in [1.807, 2.05) is 0 Å². The molecule has 5 nitrogen and oxygen atoms in total. The molecule has 2 amide bonds. The van der Waals surface area contributed by atoms with Crippen LogP contribution in [0.3, 0.4) is 0 Å². The van der Waals surface area contributed by atoms with Crippen molar-refractivity contribution in [3.8, 4) is 0 Å². The van der Waals surface area contributed by atoms with Crippen molar-refractivity contribution in [2.24, 2.45) is 17.8 Å². The Bertz CT molecular complexity index is 414. The molecule has 4 aliphatic rings. The fourth-order valence-electron chi connectivity index (χ4n) is 2.60. The summed E-state index contributed by atoms with van der Waals surface area (Å²) in [7, 11) is 1.45. The number of likely N-dealkylation sites (tertiary alicyclic amines) is 1. The minimum atomic E-state index is -0.568. The van der Waals surface area contributed by atoms with Crippen molar-refractivity contribution in [3.63, 3.8) is 0 Å². The highest BCUT2D eigenvalue weighted by Crippen LogP contribution is 2.43. The number of nitrogens with zero attached hydrogens (tertiary/aromatic N) is 1. The van der Waals surface area contributed by atoms with E-state index >= 15 is 0 Å². The van der Waals surface area contributed by atoms with Crippen LogP contribution in [0.2, 0.25) is 0 Å². The molecule has 0 aromatic carbocycles. The second-order valence-corrected chi connectivity index (χ2v) is 4.10. The average molecular weight is 207 g/mol. The van der Waals surface area contributed by atoms with Crippen molar-refractivity contribution in [1.29, 1.82) is 0 Å². The summed E-state index contributed by atoms with van der Waals surface area (Å²) < 4.78 is 5.04. The van der Waals surface area contributed by atoms with Gasteiger partial charge in [0.05, 0.1) is 17.8 Å². The second-order valence-electron chi connectivity index (χ2n) is 4.10. The predicted octanol–water partition coefficient (Wildman–Crippen LogP) is -0.671. The van der Waals surface area contributed by atoms with Crippen LogP contribution in [0.4, 0.5) is 0 Å². The maximum Gasteiger partial charge on any atom is 0.314 e. The summed E-state index contributed by atoms with van der Waals surface area (Å²) in [6.45, 7) is 0.